The van der Waals surface area contributed by atoms with E-state index in [-0.39, 0.29) is 6.61 Å². The van der Waals surface area contributed by atoms with Gasteiger partial charge in [0.2, 0.25) is 0 Å². The van der Waals surface area contributed by atoms with Gasteiger partial charge < -0.3 is 15.2 Å². The molecule has 0 saturated carbocycles. The Labute approximate surface area is 113 Å². The Kier molecular flexibility index (Phi) is 5.27. The van der Waals surface area contributed by atoms with Gasteiger partial charge in [-0.25, -0.2) is 0 Å². The standard InChI is InChI=1S/C15H20N2O2/c1-12-2-4-14-10-13(3-5-15(14)17-12)11-16-6-8-19-9-7-18/h2-5,10,16,18H,6-9,11H2,1H3. The van der Waals surface area contributed by atoms with Gasteiger partial charge in [0.25, 0.3) is 0 Å². The van der Waals surface area contributed by atoms with E-state index in [0.29, 0.717) is 13.2 Å². The zero-order valence-electron chi connectivity index (χ0n) is 11.2. The minimum Gasteiger partial charge on any atom is -0.394 e. The topological polar surface area (TPSA) is 54.4 Å². The highest BCUT2D eigenvalue weighted by atomic mass is 16.5. The lowest BCUT2D eigenvalue weighted by molar-refractivity contribution is 0.0938. The number of hydrogen-bond acceptors (Lipinski definition) is 4. The van der Waals surface area contributed by atoms with Crippen LogP contribution in [0.4, 0.5) is 0 Å². The highest BCUT2D eigenvalue weighted by Crippen LogP contribution is 2.14. The summed E-state index contributed by atoms with van der Waals surface area (Å²) in [4.78, 5) is 4.48. The van der Waals surface area contributed by atoms with E-state index >= 15 is 0 Å². The molecule has 2 N–H and O–H groups in total. The van der Waals surface area contributed by atoms with Gasteiger partial charge in [0.05, 0.1) is 25.3 Å². The van der Waals surface area contributed by atoms with Gasteiger partial charge in [0.1, 0.15) is 0 Å². The molecule has 0 amide bonds. The van der Waals surface area contributed by atoms with Gasteiger partial charge in [-0.05, 0) is 30.7 Å². The molecule has 0 aliphatic rings. The van der Waals surface area contributed by atoms with E-state index < -0.39 is 0 Å². The second-order valence-electron chi connectivity index (χ2n) is 4.49. The van der Waals surface area contributed by atoms with Crippen molar-refractivity contribution in [1.82, 2.24) is 10.3 Å². The molecule has 19 heavy (non-hydrogen) atoms. The number of ether oxygens (including phenoxy) is 1. The first kappa shape index (κ1) is 13.9. The maximum Gasteiger partial charge on any atom is 0.0705 e. The zero-order chi connectivity index (χ0) is 13.5. The molecule has 4 heteroatoms. The van der Waals surface area contributed by atoms with E-state index in [9.17, 15) is 0 Å². The van der Waals surface area contributed by atoms with E-state index in [1.165, 1.54) is 10.9 Å². The summed E-state index contributed by atoms with van der Waals surface area (Å²) in [6.45, 7) is 4.70. The molecule has 0 atom stereocenters. The first-order valence-corrected chi connectivity index (χ1v) is 6.55. The van der Waals surface area contributed by atoms with Crippen LogP contribution in [0, 0.1) is 6.92 Å². The van der Waals surface area contributed by atoms with Gasteiger partial charge in [0, 0.05) is 24.2 Å². The SMILES string of the molecule is Cc1ccc2cc(CNCCOCCO)ccc2n1. The smallest absolute Gasteiger partial charge is 0.0705 e. The number of nitrogens with zero attached hydrogens (tertiary/aromatic N) is 1. The number of aliphatic hydroxyl groups is 1. The van der Waals surface area contributed by atoms with Gasteiger partial charge >= 0.3 is 0 Å². The fraction of sp³-hybridized carbons (Fsp3) is 0.400. The lowest BCUT2D eigenvalue weighted by atomic mass is 10.1. The maximum atomic E-state index is 8.57. The molecule has 0 radical (unpaired) electrons. The van der Waals surface area contributed by atoms with Crippen molar-refractivity contribution in [3.05, 3.63) is 41.6 Å². The molecule has 1 aromatic heterocycles. The first-order valence-electron chi connectivity index (χ1n) is 6.55. The molecule has 0 bridgehead atoms. The summed E-state index contributed by atoms with van der Waals surface area (Å²) >= 11 is 0. The summed E-state index contributed by atoms with van der Waals surface area (Å²) < 4.78 is 5.18. The quantitative estimate of drug-likeness (QED) is 0.743. The molecule has 4 nitrogen and oxygen atoms in total. The van der Waals surface area contributed by atoms with E-state index in [1.807, 2.05) is 13.0 Å². The van der Waals surface area contributed by atoms with Gasteiger partial charge in [0.15, 0.2) is 0 Å². The van der Waals surface area contributed by atoms with Crippen molar-refractivity contribution in [2.24, 2.45) is 0 Å². The predicted octanol–water partition coefficient (Wildman–Crippen LogP) is 1.64. The van der Waals surface area contributed by atoms with Crippen LogP contribution in [0.1, 0.15) is 11.3 Å². The average Bonchev–Trinajstić information content (AvgIpc) is 2.43. The van der Waals surface area contributed by atoms with Gasteiger partial charge in [-0.1, -0.05) is 12.1 Å². The largest absolute Gasteiger partial charge is 0.394 e. The summed E-state index contributed by atoms with van der Waals surface area (Å²) in [5, 5.41) is 13.0. The van der Waals surface area contributed by atoms with Gasteiger partial charge in [-0.3, -0.25) is 4.98 Å². The molecule has 2 rings (SSSR count). The van der Waals surface area contributed by atoms with Crippen LogP contribution in [0.3, 0.4) is 0 Å². The number of hydrogen-bond donors (Lipinski definition) is 2. The third-order valence-corrected chi connectivity index (χ3v) is 2.88. The maximum absolute atomic E-state index is 8.57. The van der Waals surface area contributed by atoms with Crippen molar-refractivity contribution >= 4 is 10.9 Å². The third kappa shape index (κ3) is 4.28. The lowest BCUT2D eigenvalue weighted by Crippen LogP contribution is -2.19. The molecule has 102 valence electrons. The third-order valence-electron chi connectivity index (χ3n) is 2.88. The second kappa shape index (κ2) is 7.19. The summed E-state index contributed by atoms with van der Waals surface area (Å²) in [7, 11) is 0. The number of aliphatic hydroxyl groups excluding tert-OH is 1. The number of pyridine rings is 1. The molecule has 0 aliphatic heterocycles. The van der Waals surface area contributed by atoms with Crippen LogP contribution in [0.5, 0.6) is 0 Å². The predicted molar refractivity (Wildman–Crippen MR) is 76.1 cm³/mol. The van der Waals surface area contributed by atoms with Crippen molar-refractivity contribution < 1.29 is 9.84 Å². The number of benzene rings is 1. The van der Waals surface area contributed by atoms with Gasteiger partial charge in [-0.15, -0.1) is 0 Å². The summed E-state index contributed by atoms with van der Waals surface area (Å²) in [6, 6.07) is 10.4. The molecular weight excluding hydrogens is 240 g/mol. The summed E-state index contributed by atoms with van der Waals surface area (Å²) in [6.07, 6.45) is 0. The van der Waals surface area contributed by atoms with Crippen molar-refractivity contribution in [2.75, 3.05) is 26.4 Å². The van der Waals surface area contributed by atoms with Crippen LogP contribution in [0.25, 0.3) is 10.9 Å². The number of aromatic nitrogens is 1. The molecule has 0 saturated heterocycles. The van der Waals surface area contributed by atoms with Crippen LogP contribution in [0.2, 0.25) is 0 Å². The molecule has 2 aromatic rings. The second-order valence-corrected chi connectivity index (χ2v) is 4.49. The van der Waals surface area contributed by atoms with Crippen molar-refractivity contribution in [1.29, 1.82) is 0 Å². The summed E-state index contributed by atoms with van der Waals surface area (Å²) in [5.41, 5.74) is 3.31. The van der Waals surface area contributed by atoms with Gasteiger partial charge in [-0.2, -0.15) is 0 Å². The van der Waals surface area contributed by atoms with Crippen molar-refractivity contribution in [3.8, 4) is 0 Å². The molecule has 1 heterocycles. The minimum atomic E-state index is 0.0804. The normalized spacial score (nSPS) is 11.1. The number of aryl methyl sites for hydroxylation is 1. The number of rotatable bonds is 7. The molecule has 0 aliphatic carbocycles. The van der Waals surface area contributed by atoms with Crippen LogP contribution >= 0.6 is 0 Å². The highest BCUT2D eigenvalue weighted by Gasteiger charge is 1.98. The van der Waals surface area contributed by atoms with Crippen molar-refractivity contribution in [2.45, 2.75) is 13.5 Å². The Morgan fingerprint density at radius 2 is 2.11 bits per heavy atom. The highest BCUT2D eigenvalue weighted by molar-refractivity contribution is 5.79. The molecule has 0 fully saturated rings. The van der Waals surface area contributed by atoms with E-state index in [1.54, 1.807) is 0 Å². The van der Waals surface area contributed by atoms with E-state index in [2.05, 4.69) is 34.6 Å². The van der Waals surface area contributed by atoms with Crippen LogP contribution < -0.4 is 5.32 Å². The minimum absolute atomic E-state index is 0.0804. The fourth-order valence-electron chi connectivity index (χ4n) is 1.93. The van der Waals surface area contributed by atoms with Crippen LogP contribution in [-0.2, 0) is 11.3 Å². The Morgan fingerprint density at radius 1 is 1.21 bits per heavy atom. The Morgan fingerprint density at radius 3 is 2.95 bits per heavy atom. The molecular formula is C15H20N2O2. The number of fused-ring (bicyclic) bond motifs is 1. The molecule has 0 unspecified atom stereocenters. The van der Waals surface area contributed by atoms with Crippen molar-refractivity contribution in [3.63, 3.8) is 0 Å². The molecule has 0 spiro atoms. The zero-order valence-corrected chi connectivity index (χ0v) is 11.2. The Balaban J connectivity index is 1.86. The fourth-order valence-corrected chi connectivity index (χ4v) is 1.93. The summed E-state index contributed by atoms with van der Waals surface area (Å²) in [5.74, 6) is 0. The Hall–Kier alpha value is -1.49. The Bertz CT molecular complexity index is 529. The van der Waals surface area contributed by atoms with Crippen LogP contribution in [-0.4, -0.2) is 36.5 Å². The monoisotopic (exact) mass is 260 g/mol. The first-order chi connectivity index (χ1) is 9.29. The van der Waals surface area contributed by atoms with E-state index in [0.717, 1.165) is 24.3 Å². The molecule has 1 aromatic carbocycles. The van der Waals surface area contributed by atoms with E-state index in [4.69, 9.17) is 9.84 Å². The lowest BCUT2D eigenvalue weighted by Gasteiger charge is -2.07. The van der Waals surface area contributed by atoms with Crippen LogP contribution in [0.15, 0.2) is 30.3 Å². The average molecular weight is 260 g/mol. The number of nitrogens with one attached hydrogen (secondary N) is 1.